The van der Waals surface area contributed by atoms with Crippen molar-refractivity contribution < 1.29 is 19.8 Å². The average Bonchev–Trinajstić information content (AvgIpc) is 2.36. The monoisotopic (exact) mass is 245 g/mol. The number of aromatic nitrogens is 1. The molecule has 2 rings (SSSR count). The van der Waals surface area contributed by atoms with Crippen LogP contribution in [-0.2, 0) is 6.42 Å². The van der Waals surface area contributed by atoms with E-state index >= 15 is 0 Å². The molecule has 0 bridgehead atoms. The summed E-state index contributed by atoms with van der Waals surface area (Å²) in [6.45, 7) is 1.98. The smallest absolute Gasteiger partial charge is 0.355 e. The lowest BCUT2D eigenvalue weighted by molar-refractivity contribution is 0.0647. The van der Waals surface area contributed by atoms with Crippen molar-refractivity contribution in [3.63, 3.8) is 0 Å². The zero-order valence-corrected chi connectivity index (χ0v) is 9.67. The normalized spacial score (nSPS) is 10.5. The summed E-state index contributed by atoms with van der Waals surface area (Å²) in [5.74, 6) is -2.63. The van der Waals surface area contributed by atoms with Crippen molar-refractivity contribution in [3.8, 4) is 0 Å². The minimum atomic E-state index is -1.34. The fourth-order valence-electron chi connectivity index (χ4n) is 1.77. The Hall–Kier alpha value is -2.43. The van der Waals surface area contributed by atoms with Crippen LogP contribution >= 0.6 is 0 Å². The Kier molecular flexibility index (Phi) is 2.97. The van der Waals surface area contributed by atoms with E-state index in [1.165, 1.54) is 6.07 Å². The van der Waals surface area contributed by atoms with E-state index in [9.17, 15) is 9.59 Å². The van der Waals surface area contributed by atoms with Crippen LogP contribution in [-0.4, -0.2) is 27.1 Å². The van der Waals surface area contributed by atoms with Crippen LogP contribution in [0.15, 0.2) is 24.3 Å². The maximum absolute atomic E-state index is 11.0. The molecular formula is C13H11NO4. The lowest BCUT2D eigenvalue weighted by Gasteiger charge is -2.05. The molecule has 2 N–H and O–H groups in total. The fourth-order valence-corrected chi connectivity index (χ4v) is 1.77. The number of carboxylic acid groups (broad SMARTS) is 2. The second-order valence-corrected chi connectivity index (χ2v) is 3.88. The molecule has 1 aromatic carbocycles. The van der Waals surface area contributed by atoms with Crippen molar-refractivity contribution in [1.82, 2.24) is 4.98 Å². The summed E-state index contributed by atoms with van der Waals surface area (Å²) in [6, 6.07) is 6.72. The topological polar surface area (TPSA) is 87.5 Å². The minimum absolute atomic E-state index is 0.289. The molecule has 0 saturated carbocycles. The number of fused-ring (bicyclic) bond motifs is 1. The number of aryl methyl sites for hydroxylation is 1. The Morgan fingerprint density at radius 2 is 1.89 bits per heavy atom. The van der Waals surface area contributed by atoms with Gasteiger partial charge < -0.3 is 10.2 Å². The molecular weight excluding hydrogens is 234 g/mol. The molecule has 0 spiro atoms. The van der Waals surface area contributed by atoms with Gasteiger partial charge in [-0.15, -0.1) is 0 Å². The van der Waals surface area contributed by atoms with Crippen molar-refractivity contribution in [2.45, 2.75) is 13.3 Å². The van der Waals surface area contributed by atoms with E-state index in [2.05, 4.69) is 4.98 Å². The van der Waals surface area contributed by atoms with Gasteiger partial charge in [0.1, 0.15) is 0 Å². The maximum Gasteiger partial charge on any atom is 0.355 e. The Morgan fingerprint density at radius 1 is 1.17 bits per heavy atom. The Balaban J connectivity index is 2.76. The van der Waals surface area contributed by atoms with Crippen molar-refractivity contribution in [3.05, 3.63) is 41.1 Å². The molecule has 1 aromatic heterocycles. The van der Waals surface area contributed by atoms with E-state index < -0.39 is 17.6 Å². The molecule has 5 heteroatoms. The van der Waals surface area contributed by atoms with Gasteiger partial charge in [0, 0.05) is 5.39 Å². The van der Waals surface area contributed by atoms with E-state index in [0.29, 0.717) is 10.9 Å². The van der Waals surface area contributed by atoms with E-state index in [-0.39, 0.29) is 5.56 Å². The highest BCUT2D eigenvalue weighted by atomic mass is 16.4. The second kappa shape index (κ2) is 4.44. The van der Waals surface area contributed by atoms with Gasteiger partial charge >= 0.3 is 11.9 Å². The molecule has 0 fully saturated rings. The van der Waals surface area contributed by atoms with Gasteiger partial charge in [-0.25, -0.2) is 14.6 Å². The third-order valence-electron chi connectivity index (χ3n) is 2.72. The number of nitrogens with zero attached hydrogens (tertiary/aromatic N) is 1. The van der Waals surface area contributed by atoms with Gasteiger partial charge in [0.15, 0.2) is 5.69 Å². The van der Waals surface area contributed by atoms with Crippen LogP contribution in [0, 0.1) is 0 Å². The molecule has 0 aliphatic heterocycles. The molecule has 0 aliphatic carbocycles. The quantitative estimate of drug-likeness (QED) is 0.865. The summed E-state index contributed by atoms with van der Waals surface area (Å²) in [7, 11) is 0. The minimum Gasteiger partial charge on any atom is -0.478 e. The molecule has 0 amide bonds. The van der Waals surface area contributed by atoms with Gasteiger partial charge in [-0.1, -0.05) is 13.0 Å². The lowest BCUT2D eigenvalue weighted by atomic mass is 10.1. The van der Waals surface area contributed by atoms with Crippen LogP contribution in [0.1, 0.15) is 33.3 Å². The summed E-state index contributed by atoms with van der Waals surface area (Å²) in [4.78, 5) is 25.9. The van der Waals surface area contributed by atoms with E-state index in [0.717, 1.165) is 12.0 Å². The molecule has 1 heterocycles. The highest BCUT2D eigenvalue weighted by molar-refractivity contribution is 6.03. The van der Waals surface area contributed by atoms with Gasteiger partial charge in [0.25, 0.3) is 0 Å². The highest BCUT2D eigenvalue weighted by Crippen LogP contribution is 2.19. The zero-order valence-electron chi connectivity index (χ0n) is 9.67. The van der Waals surface area contributed by atoms with Gasteiger partial charge in [-0.05, 0) is 30.2 Å². The standard InChI is InChI=1S/C13H11NO4/c1-2-7-3-4-10-8(5-7)6-9(12(15)16)11(14-10)13(17)18/h3-6H,2H2,1H3,(H,15,16)(H,17,18). The van der Waals surface area contributed by atoms with Gasteiger partial charge in [-0.3, -0.25) is 0 Å². The third-order valence-corrected chi connectivity index (χ3v) is 2.72. The first kappa shape index (κ1) is 12.0. The maximum atomic E-state index is 11.0. The van der Waals surface area contributed by atoms with Gasteiger partial charge in [0.2, 0.25) is 0 Å². The molecule has 92 valence electrons. The Labute approximate surface area is 103 Å². The van der Waals surface area contributed by atoms with E-state index in [1.54, 1.807) is 6.07 Å². The molecule has 0 aliphatic rings. The Bertz CT molecular complexity index is 649. The Morgan fingerprint density at radius 3 is 2.44 bits per heavy atom. The zero-order chi connectivity index (χ0) is 13.3. The molecule has 0 atom stereocenters. The molecule has 0 radical (unpaired) electrons. The molecule has 18 heavy (non-hydrogen) atoms. The third kappa shape index (κ3) is 2.02. The number of aromatic carboxylic acids is 2. The highest BCUT2D eigenvalue weighted by Gasteiger charge is 2.18. The fraction of sp³-hybridized carbons (Fsp3) is 0.154. The number of carbonyl (C=O) groups is 2. The van der Waals surface area contributed by atoms with Crippen LogP contribution < -0.4 is 0 Å². The van der Waals surface area contributed by atoms with E-state index in [1.807, 2.05) is 19.1 Å². The lowest BCUT2D eigenvalue weighted by Crippen LogP contribution is -2.10. The number of pyridine rings is 1. The summed E-state index contributed by atoms with van der Waals surface area (Å²) in [5, 5.41) is 18.6. The number of rotatable bonds is 3. The second-order valence-electron chi connectivity index (χ2n) is 3.88. The number of benzene rings is 1. The van der Waals surface area contributed by atoms with E-state index in [4.69, 9.17) is 10.2 Å². The predicted octanol–water partition coefficient (Wildman–Crippen LogP) is 2.19. The van der Waals surface area contributed by atoms with Crippen LogP contribution in [0.2, 0.25) is 0 Å². The summed E-state index contributed by atoms with van der Waals surface area (Å²) in [5.41, 5.74) is 0.806. The predicted molar refractivity (Wildman–Crippen MR) is 65.0 cm³/mol. The molecule has 0 unspecified atom stereocenters. The van der Waals surface area contributed by atoms with Gasteiger partial charge in [-0.2, -0.15) is 0 Å². The number of hydrogen-bond acceptors (Lipinski definition) is 3. The van der Waals surface area contributed by atoms with Crippen LogP contribution in [0.25, 0.3) is 10.9 Å². The van der Waals surface area contributed by atoms with Crippen molar-refractivity contribution in [2.24, 2.45) is 0 Å². The number of carboxylic acids is 2. The van der Waals surface area contributed by atoms with Crippen molar-refractivity contribution in [1.29, 1.82) is 0 Å². The van der Waals surface area contributed by atoms with Crippen molar-refractivity contribution in [2.75, 3.05) is 0 Å². The van der Waals surface area contributed by atoms with Crippen LogP contribution in [0.4, 0.5) is 0 Å². The van der Waals surface area contributed by atoms with Crippen molar-refractivity contribution >= 4 is 22.8 Å². The molecule has 5 nitrogen and oxygen atoms in total. The van der Waals surface area contributed by atoms with Gasteiger partial charge in [0.05, 0.1) is 11.1 Å². The average molecular weight is 245 g/mol. The summed E-state index contributed by atoms with van der Waals surface area (Å²) >= 11 is 0. The summed E-state index contributed by atoms with van der Waals surface area (Å²) in [6.07, 6.45) is 0.818. The first-order valence-corrected chi connectivity index (χ1v) is 5.43. The summed E-state index contributed by atoms with van der Waals surface area (Å²) < 4.78 is 0. The molecule has 2 aromatic rings. The largest absolute Gasteiger partial charge is 0.478 e. The van der Waals surface area contributed by atoms with Crippen LogP contribution in [0.5, 0.6) is 0 Å². The first-order chi connectivity index (χ1) is 8.52. The van der Waals surface area contributed by atoms with Crippen LogP contribution in [0.3, 0.4) is 0 Å². The molecule has 0 saturated heterocycles. The number of hydrogen-bond donors (Lipinski definition) is 2. The first-order valence-electron chi connectivity index (χ1n) is 5.43. The SMILES string of the molecule is CCc1ccc2nc(C(=O)O)c(C(=O)O)cc2c1.